The molecular formula is C14H13N3O2S. The van der Waals surface area contributed by atoms with Gasteiger partial charge in [0.2, 0.25) is 0 Å². The maximum Gasteiger partial charge on any atom is 0.256 e. The Bertz CT molecular complexity index is 677. The van der Waals surface area contributed by atoms with Crippen LogP contribution in [0.25, 0.3) is 0 Å². The lowest BCUT2D eigenvalue weighted by molar-refractivity contribution is -0.127. The zero-order chi connectivity index (χ0) is 14.5. The van der Waals surface area contributed by atoms with Gasteiger partial charge in [0, 0.05) is 12.0 Å². The number of nitrogens with one attached hydrogen (secondary N) is 2. The first-order valence-corrected chi connectivity index (χ1v) is 6.64. The maximum atomic E-state index is 12.4. The van der Waals surface area contributed by atoms with Crippen molar-refractivity contribution in [2.24, 2.45) is 0 Å². The molecule has 2 aliphatic rings. The predicted molar refractivity (Wildman–Crippen MR) is 76.0 cm³/mol. The summed E-state index contributed by atoms with van der Waals surface area (Å²) in [5.41, 5.74) is -0.320. The van der Waals surface area contributed by atoms with Crippen LogP contribution in [0.2, 0.25) is 0 Å². The van der Waals surface area contributed by atoms with E-state index in [-0.39, 0.29) is 5.91 Å². The lowest BCUT2D eigenvalue weighted by Crippen LogP contribution is -2.53. The number of ether oxygens (including phenoxy) is 1. The molecule has 1 aromatic carbocycles. The fourth-order valence-corrected chi connectivity index (χ4v) is 3.16. The van der Waals surface area contributed by atoms with E-state index in [4.69, 9.17) is 22.2 Å². The summed E-state index contributed by atoms with van der Waals surface area (Å²) in [6, 6.07) is 7.18. The van der Waals surface area contributed by atoms with Gasteiger partial charge in [-0.1, -0.05) is 0 Å². The van der Waals surface area contributed by atoms with Crippen molar-refractivity contribution in [1.82, 2.24) is 10.6 Å². The Hall–Kier alpha value is -2.13. The third-order valence-electron chi connectivity index (χ3n) is 3.59. The quantitative estimate of drug-likeness (QED) is 0.704. The Morgan fingerprint density at radius 2 is 2.20 bits per heavy atom. The van der Waals surface area contributed by atoms with Crippen LogP contribution in [0, 0.1) is 11.3 Å². The van der Waals surface area contributed by atoms with E-state index < -0.39 is 11.1 Å². The Kier molecular flexibility index (Phi) is 2.53. The molecule has 1 amide bonds. The number of amides is 1. The molecule has 0 saturated carbocycles. The van der Waals surface area contributed by atoms with Gasteiger partial charge < -0.3 is 15.4 Å². The van der Waals surface area contributed by atoms with Gasteiger partial charge in [-0.3, -0.25) is 4.79 Å². The number of fused-ring (bicyclic) bond motifs is 2. The fourth-order valence-electron chi connectivity index (χ4n) is 2.90. The van der Waals surface area contributed by atoms with Gasteiger partial charge in [-0.2, -0.15) is 5.26 Å². The van der Waals surface area contributed by atoms with Crippen molar-refractivity contribution in [2.75, 3.05) is 0 Å². The zero-order valence-corrected chi connectivity index (χ0v) is 11.9. The molecule has 1 saturated heterocycles. The molecule has 6 heteroatoms. The molecule has 1 spiro atoms. The summed E-state index contributed by atoms with van der Waals surface area (Å²) in [4.78, 5) is 12.4. The number of hydrogen-bond donors (Lipinski definition) is 2. The topological polar surface area (TPSA) is 74.1 Å². The highest BCUT2D eigenvalue weighted by Gasteiger charge is 2.54. The van der Waals surface area contributed by atoms with E-state index in [1.165, 1.54) is 0 Å². The standard InChI is InChI=1S/C14H13N3O2S/c1-13(2)7-14(11(18)16-12(20)17-14)9-5-8(6-15)3-4-10(9)19-13/h3-5H,7H2,1-2H3,(H2,16,17,18,20). The molecule has 2 N–H and O–H groups in total. The number of nitriles is 1. The summed E-state index contributed by atoms with van der Waals surface area (Å²) < 4.78 is 5.92. The second-order valence-corrected chi connectivity index (χ2v) is 6.08. The van der Waals surface area contributed by atoms with E-state index in [2.05, 4.69) is 16.7 Å². The monoisotopic (exact) mass is 287 g/mol. The van der Waals surface area contributed by atoms with Crippen LogP contribution in [-0.2, 0) is 10.3 Å². The van der Waals surface area contributed by atoms with E-state index in [1.54, 1.807) is 18.2 Å². The summed E-state index contributed by atoms with van der Waals surface area (Å²) in [7, 11) is 0. The van der Waals surface area contributed by atoms with Crippen molar-refractivity contribution in [3.05, 3.63) is 29.3 Å². The first kappa shape index (κ1) is 12.9. The maximum absolute atomic E-state index is 12.4. The van der Waals surface area contributed by atoms with Crippen LogP contribution in [-0.4, -0.2) is 16.6 Å². The highest BCUT2D eigenvalue weighted by molar-refractivity contribution is 7.80. The predicted octanol–water partition coefficient (Wildman–Crippen LogP) is 1.32. The van der Waals surface area contributed by atoms with Crippen LogP contribution in [0.4, 0.5) is 0 Å². The molecule has 1 aromatic rings. The summed E-state index contributed by atoms with van der Waals surface area (Å²) in [6.45, 7) is 3.85. The van der Waals surface area contributed by atoms with Crippen molar-refractivity contribution in [2.45, 2.75) is 31.4 Å². The molecule has 102 valence electrons. The fraction of sp³-hybridized carbons (Fsp3) is 0.357. The first-order chi connectivity index (χ1) is 9.36. The van der Waals surface area contributed by atoms with Crippen LogP contribution < -0.4 is 15.4 Å². The van der Waals surface area contributed by atoms with E-state index in [0.717, 1.165) is 0 Å². The van der Waals surface area contributed by atoms with E-state index in [0.29, 0.717) is 28.4 Å². The number of nitrogens with zero attached hydrogens (tertiary/aromatic N) is 1. The van der Waals surface area contributed by atoms with Gasteiger partial charge in [0.15, 0.2) is 10.7 Å². The summed E-state index contributed by atoms with van der Waals surface area (Å²) in [6.07, 6.45) is 0.438. The Morgan fingerprint density at radius 1 is 1.45 bits per heavy atom. The molecule has 1 unspecified atom stereocenters. The number of rotatable bonds is 0. The molecule has 0 bridgehead atoms. The molecule has 0 aliphatic carbocycles. The SMILES string of the molecule is CC1(C)CC2(NC(=S)NC2=O)c2cc(C#N)ccc2O1. The molecule has 0 aromatic heterocycles. The van der Waals surface area contributed by atoms with Gasteiger partial charge >= 0.3 is 0 Å². The van der Waals surface area contributed by atoms with Gasteiger partial charge in [-0.15, -0.1) is 0 Å². The molecular weight excluding hydrogens is 274 g/mol. The second kappa shape index (κ2) is 3.93. The minimum atomic E-state index is -0.957. The normalized spacial score (nSPS) is 26.2. The highest BCUT2D eigenvalue weighted by atomic mass is 32.1. The van der Waals surface area contributed by atoms with Crippen molar-refractivity contribution in [1.29, 1.82) is 5.26 Å². The van der Waals surface area contributed by atoms with Crippen LogP contribution in [0.5, 0.6) is 5.75 Å². The van der Waals surface area contributed by atoms with Crippen molar-refractivity contribution < 1.29 is 9.53 Å². The summed E-state index contributed by atoms with van der Waals surface area (Å²) >= 11 is 5.07. The highest BCUT2D eigenvalue weighted by Crippen LogP contribution is 2.45. The van der Waals surface area contributed by atoms with Crippen molar-refractivity contribution in [3.63, 3.8) is 0 Å². The molecule has 2 heterocycles. The zero-order valence-electron chi connectivity index (χ0n) is 11.1. The first-order valence-electron chi connectivity index (χ1n) is 6.24. The molecule has 1 atom stereocenters. The van der Waals surface area contributed by atoms with Gasteiger partial charge in [0.1, 0.15) is 11.4 Å². The van der Waals surface area contributed by atoms with Crippen molar-refractivity contribution in [3.8, 4) is 11.8 Å². The Labute approximate surface area is 121 Å². The summed E-state index contributed by atoms with van der Waals surface area (Å²) in [5, 5.41) is 15.1. The number of benzene rings is 1. The van der Waals surface area contributed by atoms with Crippen LogP contribution >= 0.6 is 12.2 Å². The van der Waals surface area contributed by atoms with E-state index >= 15 is 0 Å². The number of carbonyl (C=O) groups is 1. The minimum Gasteiger partial charge on any atom is -0.487 e. The molecule has 2 aliphatic heterocycles. The smallest absolute Gasteiger partial charge is 0.256 e. The lowest BCUT2D eigenvalue weighted by atomic mass is 9.77. The molecule has 5 nitrogen and oxygen atoms in total. The van der Waals surface area contributed by atoms with E-state index in [9.17, 15) is 4.79 Å². The van der Waals surface area contributed by atoms with E-state index in [1.807, 2.05) is 13.8 Å². The Balaban J connectivity index is 2.24. The third kappa shape index (κ3) is 1.74. The average molecular weight is 287 g/mol. The van der Waals surface area contributed by atoms with Crippen LogP contribution in [0.3, 0.4) is 0 Å². The molecule has 20 heavy (non-hydrogen) atoms. The lowest BCUT2D eigenvalue weighted by Gasteiger charge is -2.42. The average Bonchev–Trinajstić information content (AvgIpc) is 2.63. The van der Waals surface area contributed by atoms with Gasteiger partial charge in [0.25, 0.3) is 5.91 Å². The van der Waals surface area contributed by atoms with Crippen LogP contribution in [0.15, 0.2) is 18.2 Å². The Morgan fingerprint density at radius 3 is 2.80 bits per heavy atom. The largest absolute Gasteiger partial charge is 0.487 e. The molecule has 1 fully saturated rings. The van der Waals surface area contributed by atoms with Crippen LogP contribution in [0.1, 0.15) is 31.4 Å². The minimum absolute atomic E-state index is 0.199. The van der Waals surface area contributed by atoms with Gasteiger partial charge in [0.05, 0.1) is 11.6 Å². The number of thiocarbonyl (C=S) groups is 1. The van der Waals surface area contributed by atoms with Gasteiger partial charge in [-0.05, 0) is 44.3 Å². The number of hydrogen-bond acceptors (Lipinski definition) is 4. The molecule has 0 radical (unpaired) electrons. The van der Waals surface area contributed by atoms with Crippen molar-refractivity contribution >= 4 is 23.2 Å². The van der Waals surface area contributed by atoms with Gasteiger partial charge in [-0.25, -0.2) is 0 Å². The second-order valence-electron chi connectivity index (χ2n) is 5.67. The molecule has 3 rings (SSSR count). The summed E-state index contributed by atoms with van der Waals surface area (Å²) in [5.74, 6) is 0.405. The number of carbonyl (C=O) groups excluding carboxylic acids is 1. The third-order valence-corrected chi connectivity index (χ3v) is 3.79.